The average Bonchev–Trinajstić information content (AvgIpc) is 3.14. The summed E-state index contributed by atoms with van der Waals surface area (Å²) in [5, 5.41) is 2.39. The summed E-state index contributed by atoms with van der Waals surface area (Å²) in [5.41, 5.74) is 1.53. The molecule has 1 heterocycles. The molecule has 0 saturated carbocycles. The van der Waals surface area contributed by atoms with Gasteiger partial charge in [0.15, 0.2) is 5.17 Å². The third kappa shape index (κ3) is 5.04. The maximum Gasteiger partial charge on any atom is 0.247 e. The van der Waals surface area contributed by atoms with Crippen molar-refractivity contribution in [3.05, 3.63) is 78.6 Å². The minimum atomic E-state index is -0.709. The van der Waals surface area contributed by atoms with Crippen molar-refractivity contribution in [2.45, 2.75) is 11.7 Å². The van der Waals surface area contributed by atoms with E-state index in [0.717, 1.165) is 0 Å². The normalized spacial score (nSPS) is 16.6. The number of anilines is 2. The van der Waals surface area contributed by atoms with Crippen LogP contribution >= 0.6 is 11.8 Å². The molecule has 174 valence electrons. The number of halogens is 1. The molecule has 0 spiro atoms. The van der Waals surface area contributed by atoms with Crippen molar-refractivity contribution in [1.29, 1.82) is 0 Å². The largest absolute Gasteiger partial charge is 0.495 e. The Morgan fingerprint density at radius 3 is 2.35 bits per heavy atom. The number of amidine groups is 1. The lowest BCUT2D eigenvalue weighted by molar-refractivity contribution is -0.121. The molecule has 1 fully saturated rings. The second-order valence-corrected chi connectivity index (χ2v) is 8.45. The van der Waals surface area contributed by atoms with Crippen molar-refractivity contribution < 1.29 is 23.5 Å². The molecule has 34 heavy (non-hydrogen) atoms. The number of para-hydroxylation sites is 4. The molecule has 0 aliphatic carbocycles. The summed E-state index contributed by atoms with van der Waals surface area (Å²) < 4.78 is 24.0. The molecule has 7 nitrogen and oxygen atoms in total. The topological polar surface area (TPSA) is 80.2 Å². The van der Waals surface area contributed by atoms with Gasteiger partial charge in [0.05, 0.1) is 19.9 Å². The Morgan fingerprint density at radius 1 is 1.00 bits per heavy atom. The first-order valence-electron chi connectivity index (χ1n) is 10.4. The molecule has 1 saturated heterocycles. The lowest BCUT2D eigenvalue weighted by Gasteiger charge is -2.19. The summed E-state index contributed by atoms with van der Waals surface area (Å²) >= 11 is 1.19. The Kier molecular flexibility index (Phi) is 7.12. The van der Waals surface area contributed by atoms with E-state index < -0.39 is 11.1 Å². The van der Waals surface area contributed by atoms with Crippen molar-refractivity contribution >= 4 is 45.8 Å². The lowest BCUT2D eigenvalue weighted by Crippen LogP contribution is -2.33. The highest BCUT2D eigenvalue weighted by atomic mass is 32.2. The monoisotopic (exact) mass is 479 g/mol. The predicted molar refractivity (Wildman–Crippen MR) is 132 cm³/mol. The molecular weight excluding hydrogens is 457 g/mol. The van der Waals surface area contributed by atoms with Gasteiger partial charge in [-0.2, -0.15) is 0 Å². The number of carbonyl (C=O) groups excluding carboxylic acids is 2. The Hall–Kier alpha value is -3.85. The second-order valence-electron chi connectivity index (χ2n) is 7.28. The maximum absolute atomic E-state index is 13.5. The smallest absolute Gasteiger partial charge is 0.247 e. The fourth-order valence-corrected chi connectivity index (χ4v) is 4.59. The highest BCUT2D eigenvalue weighted by Crippen LogP contribution is 2.40. The highest BCUT2D eigenvalue weighted by molar-refractivity contribution is 8.16. The van der Waals surface area contributed by atoms with Gasteiger partial charge in [0, 0.05) is 12.1 Å². The molecule has 1 aliphatic heterocycles. The van der Waals surface area contributed by atoms with Crippen LogP contribution in [0.5, 0.6) is 11.5 Å². The number of aliphatic imine (C=N–C) groups is 1. The van der Waals surface area contributed by atoms with E-state index in [0.29, 0.717) is 33.7 Å². The third-order valence-electron chi connectivity index (χ3n) is 5.06. The van der Waals surface area contributed by atoms with Gasteiger partial charge < -0.3 is 14.8 Å². The van der Waals surface area contributed by atoms with Crippen LogP contribution in [0.4, 0.5) is 21.5 Å². The number of methoxy groups -OCH3 is 2. The number of amides is 2. The van der Waals surface area contributed by atoms with Gasteiger partial charge in [-0.25, -0.2) is 9.38 Å². The van der Waals surface area contributed by atoms with E-state index >= 15 is 0 Å². The zero-order valence-electron chi connectivity index (χ0n) is 18.5. The molecule has 1 atom stereocenters. The van der Waals surface area contributed by atoms with Gasteiger partial charge >= 0.3 is 0 Å². The van der Waals surface area contributed by atoms with Crippen LogP contribution in [0.1, 0.15) is 6.42 Å². The molecule has 3 aromatic carbocycles. The Labute approximate surface area is 200 Å². The number of benzene rings is 3. The van der Waals surface area contributed by atoms with E-state index in [-0.39, 0.29) is 18.2 Å². The molecular formula is C25H22FN3O4S. The van der Waals surface area contributed by atoms with Crippen LogP contribution in [0, 0.1) is 5.82 Å². The number of nitrogens with one attached hydrogen (secondary N) is 1. The van der Waals surface area contributed by atoms with Crippen LogP contribution < -0.4 is 19.7 Å². The molecule has 9 heteroatoms. The first-order chi connectivity index (χ1) is 16.5. The van der Waals surface area contributed by atoms with Crippen molar-refractivity contribution in [1.82, 2.24) is 0 Å². The van der Waals surface area contributed by atoms with Crippen molar-refractivity contribution in [3.63, 3.8) is 0 Å². The van der Waals surface area contributed by atoms with Gasteiger partial charge in [0.1, 0.15) is 28.3 Å². The van der Waals surface area contributed by atoms with Gasteiger partial charge in [-0.1, -0.05) is 36.0 Å². The average molecular weight is 480 g/mol. The van der Waals surface area contributed by atoms with Gasteiger partial charge in [0.25, 0.3) is 0 Å². The number of hydrogen-bond acceptors (Lipinski definition) is 6. The standard InChI is InChI=1S/C25H22FN3O4S/c1-32-20-9-5-3-7-18(20)28-25-29(19-8-4-6-10-21(19)33-2)24(31)22(34-25)15-23(30)27-17-13-11-16(26)12-14-17/h3-14,22H,15H2,1-2H3,(H,27,30). The molecule has 0 aromatic heterocycles. The summed E-state index contributed by atoms with van der Waals surface area (Å²) in [7, 11) is 3.07. The van der Waals surface area contributed by atoms with Gasteiger partial charge in [-0.3, -0.25) is 14.5 Å². The Bertz CT molecular complexity index is 1230. The summed E-state index contributed by atoms with van der Waals surface area (Å²) in [4.78, 5) is 32.3. The van der Waals surface area contributed by atoms with Gasteiger partial charge in [0.2, 0.25) is 11.8 Å². The van der Waals surface area contributed by atoms with E-state index in [2.05, 4.69) is 5.32 Å². The van der Waals surface area contributed by atoms with Crippen LogP contribution in [0.25, 0.3) is 0 Å². The van der Waals surface area contributed by atoms with Crippen LogP contribution in [0.2, 0.25) is 0 Å². The lowest BCUT2D eigenvalue weighted by atomic mass is 10.2. The number of ether oxygens (including phenoxy) is 2. The SMILES string of the molecule is COc1ccccc1N=C1SC(CC(=O)Nc2ccc(F)cc2)C(=O)N1c1ccccc1OC. The molecule has 0 radical (unpaired) electrons. The minimum absolute atomic E-state index is 0.0858. The molecule has 1 aliphatic rings. The zero-order chi connectivity index (χ0) is 24.1. The van der Waals surface area contributed by atoms with Crippen molar-refractivity contribution in [2.75, 3.05) is 24.4 Å². The van der Waals surface area contributed by atoms with Gasteiger partial charge in [-0.15, -0.1) is 0 Å². The van der Waals surface area contributed by atoms with E-state index in [4.69, 9.17) is 14.5 Å². The maximum atomic E-state index is 13.5. The Morgan fingerprint density at radius 2 is 1.65 bits per heavy atom. The fraction of sp³-hybridized carbons (Fsp3) is 0.160. The quantitative estimate of drug-likeness (QED) is 0.515. The number of hydrogen-bond donors (Lipinski definition) is 1. The molecule has 0 bridgehead atoms. The highest BCUT2D eigenvalue weighted by Gasteiger charge is 2.41. The Balaban J connectivity index is 1.65. The minimum Gasteiger partial charge on any atom is -0.495 e. The summed E-state index contributed by atoms with van der Waals surface area (Å²) in [6.45, 7) is 0. The second kappa shape index (κ2) is 10.4. The number of thioether (sulfide) groups is 1. The number of carbonyl (C=O) groups is 2. The first kappa shape index (κ1) is 23.3. The summed E-state index contributed by atoms with van der Waals surface area (Å²) in [6.07, 6.45) is -0.0858. The summed E-state index contributed by atoms with van der Waals surface area (Å²) in [6, 6.07) is 19.8. The van der Waals surface area contributed by atoms with Crippen molar-refractivity contribution in [3.8, 4) is 11.5 Å². The number of rotatable bonds is 7. The van der Waals surface area contributed by atoms with Gasteiger partial charge in [-0.05, 0) is 48.5 Å². The van der Waals surface area contributed by atoms with E-state index in [1.54, 1.807) is 43.5 Å². The van der Waals surface area contributed by atoms with Crippen LogP contribution in [0.3, 0.4) is 0 Å². The predicted octanol–water partition coefficient (Wildman–Crippen LogP) is 5.01. The molecule has 1 unspecified atom stereocenters. The molecule has 1 N–H and O–H groups in total. The van der Waals surface area contributed by atoms with Crippen LogP contribution in [0.15, 0.2) is 77.8 Å². The van der Waals surface area contributed by atoms with Crippen molar-refractivity contribution in [2.24, 2.45) is 4.99 Å². The third-order valence-corrected chi connectivity index (χ3v) is 6.20. The molecule has 2 amide bonds. The van der Waals surface area contributed by atoms with Crippen LogP contribution in [-0.2, 0) is 9.59 Å². The molecule has 4 rings (SSSR count). The van der Waals surface area contributed by atoms with Crippen LogP contribution in [-0.4, -0.2) is 36.5 Å². The summed E-state index contributed by atoms with van der Waals surface area (Å²) in [5.74, 6) is -0.00123. The van der Waals surface area contributed by atoms with E-state index in [1.165, 1.54) is 48.0 Å². The van der Waals surface area contributed by atoms with E-state index in [1.807, 2.05) is 12.1 Å². The number of nitrogens with zero attached hydrogens (tertiary/aromatic N) is 2. The first-order valence-corrected chi connectivity index (χ1v) is 11.3. The zero-order valence-corrected chi connectivity index (χ0v) is 19.3. The fourth-order valence-electron chi connectivity index (χ4n) is 3.45. The molecule has 3 aromatic rings. The van der Waals surface area contributed by atoms with E-state index in [9.17, 15) is 14.0 Å².